The highest BCUT2D eigenvalue weighted by molar-refractivity contribution is 5.74. The van der Waals surface area contributed by atoms with Crippen LogP contribution in [0.5, 0.6) is 0 Å². The van der Waals surface area contributed by atoms with Crippen LogP contribution in [0, 0.1) is 5.82 Å². The number of nitrogens with zero attached hydrogens (tertiary/aromatic N) is 1. The molecule has 4 nitrogen and oxygen atoms in total. The molecule has 5 heteroatoms. The molecule has 2 aromatic heterocycles. The zero-order valence-corrected chi connectivity index (χ0v) is 8.24. The van der Waals surface area contributed by atoms with Gasteiger partial charge < -0.3 is 9.72 Å². The first kappa shape index (κ1) is 11.2. The van der Waals surface area contributed by atoms with Gasteiger partial charge in [-0.25, -0.2) is 9.37 Å². The molecule has 0 bridgehead atoms. The summed E-state index contributed by atoms with van der Waals surface area (Å²) in [7, 11) is 0. The quantitative estimate of drug-likeness (QED) is 0.770. The molecule has 0 fully saturated rings. The normalized spacial score (nSPS) is 9.20. The summed E-state index contributed by atoms with van der Waals surface area (Å²) in [6.07, 6.45) is 2.93. The summed E-state index contributed by atoms with van der Waals surface area (Å²) in [6.45, 7) is 2.66. The Hall–Kier alpha value is -1.91. The molecule has 2 heterocycles. The topological polar surface area (TPSA) is 55.0 Å². The summed E-state index contributed by atoms with van der Waals surface area (Å²) in [5.41, 5.74) is 0.724. The van der Waals surface area contributed by atoms with Crippen LogP contribution in [-0.2, 0) is 9.53 Å². The second-order valence-corrected chi connectivity index (χ2v) is 2.62. The maximum atomic E-state index is 12.4. The van der Waals surface area contributed by atoms with Crippen molar-refractivity contribution in [2.45, 2.75) is 6.92 Å². The van der Waals surface area contributed by atoms with Gasteiger partial charge in [0.1, 0.15) is 11.5 Å². The van der Waals surface area contributed by atoms with Crippen molar-refractivity contribution < 1.29 is 13.9 Å². The van der Waals surface area contributed by atoms with Crippen LogP contribution in [0.15, 0.2) is 24.5 Å². The fourth-order valence-electron chi connectivity index (χ4n) is 0.981. The first-order valence-electron chi connectivity index (χ1n) is 4.41. The van der Waals surface area contributed by atoms with E-state index in [9.17, 15) is 9.18 Å². The van der Waals surface area contributed by atoms with Crippen LogP contribution in [0.25, 0.3) is 11.0 Å². The van der Waals surface area contributed by atoms with E-state index in [1.54, 1.807) is 19.2 Å². The molecular formula is C10H11FN2O2. The zero-order valence-electron chi connectivity index (χ0n) is 8.24. The molecule has 0 unspecified atom stereocenters. The number of fused-ring (bicyclic) bond motifs is 1. The highest BCUT2D eigenvalue weighted by atomic mass is 19.1. The number of halogens is 1. The highest BCUT2D eigenvalue weighted by Gasteiger charge is 1.95. The summed E-state index contributed by atoms with van der Waals surface area (Å²) in [5, 5.41) is 0.806. The first-order chi connectivity index (χ1) is 7.27. The number of aromatic amines is 1. The molecule has 2 aromatic rings. The lowest BCUT2D eigenvalue weighted by atomic mass is 10.3. The number of pyridine rings is 1. The second kappa shape index (κ2) is 5.74. The second-order valence-electron chi connectivity index (χ2n) is 2.62. The Kier molecular flexibility index (Phi) is 4.28. The highest BCUT2D eigenvalue weighted by Crippen LogP contribution is 2.09. The van der Waals surface area contributed by atoms with Crippen LogP contribution in [-0.4, -0.2) is 23.0 Å². The van der Waals surface area contributed by atoms with Gasteiger partial charge in [-0.15, -0.1) is 0 Å². The molecule has 0 aliphatic heterocycles. The fourth-order valence-corrected chi connectivity index (χ4v) is 0.981. The molecule has 0 saturated carbocycles. The van der Waals surface area contributed by atoms with Crippen molar-refractivity contribution in [3.63, 3.8) is 0 Å². The predicted octanol–water partition coefficient (Wildman–Crippen LogP) is 1.88. The molecule has 0 spiro atoms. The van der Waals surface area contributed by atoms with Crippen molar-refractivity contribution in [3.8, 4) is 0 Å². The van der Waals surface area contributed by atoms with Crippen molar-refractivity contribution in [1.29, 1.82) is 0 Å². The van der Waals surface area contributed by atoms with Gasteiger partial charge in [0.25, 0.3) is 6.47 Å². The fraction of sp³-hybridized carbons (Fsp3) is 0.200. The molecule has 15 heavy (non-hydrogen) atoms. The average molecular weight is 210 g/mol. The SMILES string of the molecule is CCOC=O.Fc1cnc2[nH]ccc2c1. The molecular weight excluding hydrogens is 199 g/mol. The average Bonchev–Trinajstić information content (AvgIpc) is 2.67. The summed E-state index contributed by atoms with van der Waals surface area (Å²) in [4.78, 5) is 15.9. The van der Waals surface area contributed by atoms with E-state index >= 15 is 0 Å². The van der Waals surface area contributed by atoms with Crippen molar-refractivity contribution in [1.82, 2.24) is 9.97 Å². The Bertz CT molecular complexity index is 428. The Morgan fingerprint density at radius 2 is 2.47 bits per heavy atom. The maximum absolute atomic E-state index is 12.4. The molecule has 0 aliphatic carbocycles. The smallest absolute Gasteiger partial charge is 0.293 e. The van der Waals surface area contributed by atoms with Gasteiger partial charge >= 0.3 is 0 Å². The van der Waals surface area contributed by atoms with Crippen molar-refractivity contribution >= 4 is 17.5 Å². The Balaban J connectivity index is 0.000000195. The van der Waals surface area contributed by atoms with Gasteiger partial charge in [-0.3, -0.25) is 4.79 Å². The lowest BCUT2D eigenvalue weighted by Crippen LogP contribution is -1.80. The minimum Gasteiger partial charge on any atom is -0.468 e. The number of hydrogen-bond acceptors (Lipinski definition) is 3. The monoisotopic (exact) mass is 210 g/mol. The number of H-pyrrole nitrogens is 1. The molecule has 1 N–H and O–H groups in total. The lowest BCUT2D eigenvalue weighted by molar-refractivity contribution is -0.128. The van der Waals surface area contributed by atoms with Gasteiger partial charge in [0, 0.05) is 11.6 Å². The molecule has 2 rings (SSSR count). The number of carbonyl (C=O) groups excluding carboxylic acids is 1. The van der Waals surface area contributed by atoms with Gasteiger partial charge in [-0.05, 0) is 19.1 Å². The molecule has 0 aliphatic rings. The molecule has 0 radical (unpaired) electrons. The Morgan fingerprint density at radius 1 is 1.67 bits per heavy atom. The van der Waals surface area contributed by atoms with E-state index in [0.29, 0.717) is 13.1 Å². The van der Waals surface area contributed by atoms with Crippen molar-refractivity contribution in [2.24, 2.45) is 0 Å². The summed E-state index contributed by atoms with van der Waals surface area (Å²) in [6, 6.07) is 3.23. The third kappa shape index (κ3) is 3.38. The third-order valence-electron chi connectivity index (χ3n) is 1.60. The Labute approximate surface area is 86.1 Å². The van der Waals surface area contributed by atoms with Gasteiger partial charge in [0.15, 0.2) is 0 Å². The third-order valence-corrected chi connectivity index (χ3v) is 1.60. The van der Waals surface area contributed by atoms with E-state index in [2.05, 4.69) is 14.7 Å². The lowest BCUT2D eigenvalue weighted by Gasteiger charge is -1.86. The zero-order chi connectivity index (χ0) is 11.1. The van der Waals surface area contributed by atoms with E-state index in [1.165, 1.54) is 12.3 Å². The number of nitrogens with one attached hydrogen (secondary N) is 1. The predicted molar refractivity (Wildman–Crippen MR) is 53.7 cm³/mol. The summed E-state index contributed by atoms with van der Waals surface area (Å²) < 4.78 is 16.6. The van der Waals surface area contributed by atoms with Gasteiger partial charge in [-0.1, -0.05) is 0 Å². The number of hydrogen-bond donors (Lipinski definition) is 1. The number of aromatic nitrogens is 2. The number of ether oxygens (including phenoxy) is 1. The molecule has 0 amide bonds. The standard InChI is InChI=1S/C7H5FN2.C3H6O2/c8-6-3-5-1-2-9-7(5)10-4-6;1-2-5-3-4/h1-4H,(H,9,10);3H,2H2,1H3. The number of rotatable bonds is 2. The minimum absolute atomic E-state index is 0.299. The van der Waals surface area contributed by atoms with Crippen molar-refractivity contribution in [2.75, 3.05) is 6.61 Å². The van der Waals surface area contributed by atoms with Crippen molar-refractivity contribution in [3.05, 3.63) is 30.3 Å². The first-order valence-corrected chi connectivity index (χ1v) is 4.41. The van der Waals surface area contributed by atoms with E-state index in [-0.39, 0.29) is 5.82 Å². The van der Waals surface area contributed by atoms with E-state index in [1.807, 2.05) is 0 Å². The van der Waals surface area contributed by atoms with Gasteiger partial charge in [-0.2, -0.15) is 0 Å². The van der Waals surface area contributed by atoms with Crippen LogP contribution >= 0.6 is 0 Å². The van der Waals surface area contributed by atoms with Gasteiger partial charge in [0.05, 0.1) is 12.8 Å². The summed E-state index contributed by atoms with van der Waals surface area (Å²) in [5.74, 6) is -0.299. The molecule has 0 atom stereocenters. The van der Waals surface area contributed by atoms with Gasteiger partial charge in [0.2, 0.25) is 0 Å². The van der Waals surface area contributed by atoms with Crippen LogP contribution in [0.1, 0.15) is 6.92 Å². The Morgan fingerprint density at radius 3 is 3.07 bits per heavy atom. The van der Waals surface area contributed by atoms with E-state index in [0.717, 1.165) is 11.0 Å². The molecule has 0 saturated heterocycles. The van der Waals surface area contributed by atoms with E-state index < -0.39 is 0 Å². The van der Waals surface area contributed by atoms with Crippen LogP contribution in [0.3, 0.4) is 0 Å². The van der Waals surface area contributed by atoms with Crippen LogP contribution in [0.4, 0.5) is 4.39 Å². The van der Waals surface area contributed by atoms with Crippen LogP contribution in [0.2, 0.25) is 0 Å². The molecule has 0 aromatic carbocycles. The largest absolute Gasteiger partial charge is 0.468 e. The summed E-state index contributed by atoms with van der Waals surface area (Å²) >= 11 is 0. The maximum Gasteiger partial charge on any atom is 0.293 e. The molecule has 80 valence electrons. The van der Waals surface area contributed by atoms with Crippen LogP contribution < -0.4 is 0 Å². The van der Waals surface area contributed by atoms with E-state index in [4.69, 9.17) is 0 Å². The number of carbonyl (C=O) groups is 1. The minimum atomic E-state index is -0.299.